The van der Waals surface area contributed by atoms with Gasteiger partial charge in [-0.25, -0.2) is 0 Å². The van der Waals surface area contributed by atoms with Crippen molar-refractivity contribution in [2.75, 3.05) is 6.61 Å². The van der Waals surface area contributed by atoms with E-state index >= 15 is 0 Å². The second-order valence-corrected chi connectivity index (χ2v) is 5.83. The molecule has 0 bridgehead atoms. The van der Waals surface area contributed by atoms with Crippen LogP contribution in [0, 0.1) is 0 Å². The van der Waals surface area contributed by atoms with Gasteiger partial charge in [0.15, 0.2) is 0 Å². The second kappa shape index (κ2) is 8.60. The first-order valence-corrected chi connectivity index (χ1v) is 8.27. The summed E-state index contributed by atoms with van der Waals surface area (Å²) < 4.78 is 5.91. The number of hydrogen-bond donors (Lipinski definition) is 1. The first-order valence-electron chi connectivity index (χ1n) is 8.27. The van der Waals surface area contributed by atoms with E-state index in [0.717, 1.165) is 38.0 Å². The molecule has 2 N–H and O–H groups in total. The average molecular weight is 297 g/mol. The predicted molar refractivity (Wildman–Crippen MR) is 93.4 cm³/mol. The van der Waals surface area contributed by atoms with E-state index in [2.05, 4.69) is 62.4 Å². The first-order chi connectivity index (χ1) is 10.7. The molecular weight excluding hydrogens is 270 g/mol. The van der Waals surface area contributed by atoms with Gasteiger partial charge in [-0.05, 0) is 42.0 Å². The van der Waals surface area contributed by atoms with Gasteiger partial charge in [0.05, 0.1) is 6.61 Å². The Balaban J connectivity index is 2.22. The zero-order valence-corrected chi connectivity index (χ0v) is 13.7. The molecule has 0 heterocycles. The average Bonchev–Trinajstić information content (AvgIpc) is 2.55. The van der Waals surface area contributed by atoms with Crippen LogP contribution in [0.2, 0.25) is 0 Å². The van der Waals surface area contributed by atoms with Crippen LogP contribution in [-0.2, 0) is 12.8 Å². The van der Waals surface area contributed by atoms with E-state index in [4.69, 9.17) is 10.5 Å². The van der Waals surface area contributed by atoms with Crippen molar-refractivity contribution in [1.29, 1.82) is 0 Å². The molecule has 0 fully saturated rings. The number of nitrogens with two attached hydrogens (primary N) is 1. The molecule has 2 aromatic carbocycles. The van der Waals surface area contributed by atoms with E-state index in [-0.39, 0.29) is 6.04 Å². The minimum Gasteiger partial charge on any atom is -0.493 e. The van der Waals surface area contributed by atoms with Crippen LogP contribution >= 0.6 is 0 Å². The molecule has 0 aliphatic rings. The molecule has 0 amide bonds. The van der Waals surface area contributed by atoms with Gasteiger partial charge in [-0.15, -0.1) is 0 Å². The first kappa shape index (κ1) is 16.6. The fourth-order valence-corrected chi connectivity index (χ4v) is 2.51. The highest BCUT2D eigenvalue weighted by Crippen LogP contribution is 2.24. The second-order valence-electron chi connectivity index (χ2n) is 5.83. The highest BCUT2D eigenvalue weighted by atomic mass is 16.5. The van der Waals surface area contributed by atoms with Crippen LogP contribution < -0.4 is 10.5 Å². The van der Waals surface area contributed by atoms with Gasteiger partial charge >= 0.3 is 0 Å². The van der Waals surface area contributed by atoms with Gasteiger partial charge in [0.1, 0.15) is 5.75 Å². The lowest BCUT2D eigenvalue weighted by Crippen LogP contribution is -2.21. The van der Waals surface area contributed by atoms with Crippen molar-refractivity contribution in [2.45, 2.75) is 45.6 Å². The third kappa shape index (κ3) is 4.88. The van der Waals surface area contributed by atoms with Crippen LogP contribution in [-0.4, -0.2) is 12.6 Å². The molecule has 2 heteroatoms. The van der Waals surface area contributed by atoms with Crippen molar-refractivity contribution in [3.8, 4) is 5.75 Å². The number of benzene rings is 2. The zero-order valence-electron chi connectivity index (χ0n) is 13.7. The predicted octanol–water partition coefficient (Wildman–Crippen LogP) is 4.35. The van der Waals surface area contributed by atoms with Crippen LogP contribution in [0.25, 0.3) is 0 Å². The van der Waals surface area contributed by atoms with Crippen LogP contribution in [0.3, 0.4) is 0 Å². The Bertz CT molecular complexity index is 565. The molecule has 0 radical (unpaired) electrons. The van der Waals surface area contributed by atoms with E-state index in [9.17, 15) is 0 Å². The molecule has 0 aromatic heterocycles. The third-order valence-electron chi connectivity index (χ3n) is 3.85. The van der Waals surface area contributed by atoms with Gasteiger partial charge in [-0.3, -0.25) is 0 Å². The van der Waals surface area contributed by atoms with E-state index < -0.39 is 0 Å². The molecule has 0 saturated heterocycles. The van der Waals surface area contributed by atoms with Gasteiger partial charge in [0.2, 0.25) is 0 Å². The van der Waals surface area contributed by atoms with Crippen molar-refractivity contribution in [3.63, 3.8) is 0 Å². The fourth-order valence-electron chi connectivity index (χ4n) is 2.51. The summed E-state index contributed by atoms with van der Waals surface area (Å²) >= 11 is 0. The van der Waals surface area contributed by atoms with E-state index in [1.807, 2.05) is 0 Å². The molecule has 0 saturated carbocycles. The number of hydrogen-bond acceptors (Lipinski definition) is 2. The van der Waals surface area contributed by atoms with Crippen molar-refractivity contribution in [1.82, 2.24) is 0 Å². The van der Waals surface area contributed by atoms with Crippen molar-refractivity contribution in [2.24, 2.45) is 5.73 Å². The maximum Gasteiger partial charge on any atom is 0.122 e. The Labute approximate surface area is 134 Å². The van der Waals surface area contributed by atoms with E-state index in [0.29, 0.717) is 0 Å². The lowest BCUT2D eigenvalue weighted by molar-refractivity contribution is 0.314. The van der Waals surface area contributed by atoms with Gasteiger partial charge in [0, 0.05) is 12.5 Å². The molecule has 22 heavy (non-hydrogen) atoms. The summed E-state index contributed by atoms with van der Waals surface area (Å²) in [6, 6.07) is 17.3. The smallest absolute Gasteiger partial charge is 0.122 e. The minimum absolute atomic E-state index is 0.229. The number of ether oxygens (including phenoxy) is 1. The molecule has 118 valence electrons. The summed E-state index contributed by atoms with van der Waals surface area (Å²) in [5.74, 6) is 1.000. The maximum absolute atomic E-state index is 6.09. The fraction of sp³-hybridized carbons (Fsp3) is 0.400. The number of rotatable bonds is 8. The largest absolute Gasteiger partial charge is 0.493 e. The van der Waals surface area contributed by atoms with E-state index in [1.54, 1.807) is 0 Å². The van der Waals surface area contributed by atoms with Crippen LogP contribution in [0.5, 0.6) is 5.75 Å². The molecule has 1 unspecified atom stereocenters. The Hall–Kier alpha value is -1.80. The monoisotopic (exact) mass is 297 g/mol. The molecule has 0 aliphatic heterocycles. The highest BCUT2D eigenvalue weighted by molar-refractivity contribution is 5.41. The topological polar surface area (TPSA) is 35.2 Å². The quantitative estimate of drug-likeness (QED) is 0.786. The standard InChI is InChI=1S/C20H27NO/c1-3-12-22-20-11-10-17(15-19(21)4-2)14-18(20)13-16-8-6-5-7-9-16/h5-11,14,19H,3-4,12-13,15,21H2,1-2H3. The van der Waals surface area contributed by atoms with Gasteiger partial charge in [-0.2, -0.15) is 0 Å². The summed E-state index contributed by atoms with van der Waals surface area (Å²) in [6.45, 7) is 5.02. The minimum atomic E-state index is 0.229. The lowest BCUT2D eigenvalue weighted by atomic mass is 9.98. The van der Waals surface area contributed by atoms with E-state index in [1.165, 1.54) is 16.7 Å². The Morgan fingerprint density at radius 2 is 1.77 bits per heavy atom. The Kier molecular flexibility index (Phi) is 6.47. The lowest BCUT2D eigenvalue weighted by Gasteiger charge is -2.15. The highest BCUT2D eigenvalue weighted by Gasteiger charge is 2.08. The summed E-state index contributed by atoms with van der Waals surface area (Å²) in [7, 11) is 0. The maximum atomic E-state index is 6.09. The van der Waals surface area contributed by atoms with Crippen molar-refractivity contribution < 1.29 is 4.74 Å². The molecule has 1 atom stereocenters. The van der Waals surface area contributed by atoms with Gasteiger partial charge in [0.25, 0.3) is 0 Å². The Morgan fingerprint density at radius 1 is 1.00 bits per heavy atom. The van der Waals surface area contributed by atoms with Crippen LogP contribution in [0.4, 0.5) is 0 Å². The zero-order chi connectivity index (χ0) is 15.8. The van der Waals surface area contributed by atoms with Crippen LogP contribution in [0.1, 0.15) is 43.4 Å². The molecule has 2 aromatic rings. The summed E-state index contributed by atoms with van der Waals surface area (Å²) in [5, 5.41) is 0. The third-order valence-corrected chi connectivity index (χ3v) is 3.85. The summed E-state index contributed by atoms with van der Waals surface area (Å²) in [5.41, 5.74) is 9.95. The molecule has 2 rings (SSSR count). The van der Waals surface area contributed by atoms with Gasteiger partial charge < -0.3 is 10.5 Å². The van der Waals surface area contributed by atoms with Crippen molar-refractivity contribution in [3.05, 3.63) is 65.2 Å². The Morgan fingerprint density at radius 3 is 2.45 bits per heavy atom. The van der Waals surface area contributed by atoms with Gasteiger partial charge in [-0.1, -0.05) is 56.3 Å². The molecule has 2 nitrogen and oxygen atoms in total. The van der Waals surface area contributed by atoms with Crippen molar-refractivity contribution >= 4 is 0 Å². The molecule has 0 spiro atoms. The SMILES string of the molecule is CCCOc1ccc(CC(N)CC)cc1Cc1ccccc1. The normalized spacial score (nSPS) is 12.1. The molecular formula is C20H27NO. The summed E-state index contributed by atoms with van der Waals surface area (Å²) in [6.07, 6.45) is 3.84. The summed E-state index contributed by atoms with van der Waals surface area (Å²) in [4.78, 5) is 0. The molecule has 0 aliphatic carbocycles. The van der Waals surface area contributed by atoms with Crippen LogP contribution in [0.15, 0.2) is 48.5 Å².